The summed E-state index contributed by atoms with van der Waals surface area (Å²) in [5, 5.41) is 1.47. The van der Waals surface area contributed by atoms with Crippen LogP contribution >= 0.6 is 0 Å². The summed E-state index contributed by atoms with van der Waals surface area (Å²) in [5.74, 6) is 2.25. The predicted octanol–water partition coefficient (Wildman–Crippen LogP) is 2.38. The van der Waals surface area contributed by atoms with Crippen molar-refractivity contribution in [3.8, 4) is 0 Å². The number of nitrogens with zero attached hydrogens (tertiary/aromatic N) is 2. The lowest BCUT2D eigenvalue weighted by Gasteiger charge is -2.41. The first-order valence-corrected chi connectivity index (χ1v) is 7.36. The molecule has 0 aliphatic carbocycles. The number of hydrogen-bond donors (Lipinski definition) is 1. The molecule has 1 saturated heterocycles. The van der Waals surface area contributed by atoms with Crippen LogP contribution in [0.15, 0.2) is 18.2 Å². The van der Waals surface area contributed by atoms with E-state index in [0.717, 1.165) is 18.9 Å². The Morgan fingerprint density at radius 2 is 2.05 bits per heavy atom. The zero-order chi connectivity index (χ0) is 13.0. The average molecular weight is 255 g/mol. The lowest BCUT2D eigenvalue weighted by atomic mass is 9.84. The van der Waals surface area contributed by atoms with Gasteiger partial charge in [0.25, 0.3) is 0 Å². The third-order valence-corrected chi connectivity index (χ3v) is 4.92. The number of aromatic nitrogens is 1. The van der Waals surface area contributed by atoms with E-state index in [9.17, 15) is 0 Å². The van der Waals surface area contributed by atoms with Gasteiger partial charge in [-0.15, -0.1) is 0 Å². The summed E-state index contributed by atoms with van der Waals surface area (Å²) in [7, 11) is 2.22. The molecule has 0 amide bonds. The van der Waals surface area contributed by atoms with E-state index in [4.69, 9.17) is 5.73 Å². The molecule has 2 aromatic rings. The number of fused-ring (bicyclic) bond motifs is 3. The van der Waals surface area contributed by atoms with Crippen molar-refractivity contribution < 1.29 is 0 Å². The lowest BCUT2D eigenvalue weighted by Crippen LogP contribution is -2.39. The molecule has 4 heterocycles. The summed E-state index contributed by atoms with van der Waals surface area (Å²) in [5.41, 5.74) is 10.2. The third kappa shape index (κ3) is 1.42. The van der Waals surface area contributed by atoms with Gasteiger partial charge in [-0.1, -0.05) is 18.2 Å². The van der Waals surface area contributed by atoms with Gasteiger partial charge in [0, 0.05) is 31.1 Å². The Labute approximate surface area is 114 Å². The second-order valence-corrected chi connectivity index (χ2v) is 5.91. The Hall–Kier alpha value is -1.48. The van der Waals surface area contributed by atoms with Crippen LogP contribution in [-0.2, 0) is 13.5 Å². The summed E-state index contributed by atoms with van der Waals surface area (Å²) < 4.78 is 2.42. The van der Waals surface area contributed by atoms with Gasteiger partial charge in [0.2, 0.25) is 0 Å². The van der Waals surface area contributed by atoms with Crippen molar-refractivity contribution in [2.45, 2.75) is 25.2 Å². The van der Waals surface area contributed by atoms with Gasteiger partial charge in [-0.05, 0) is 37.3 Å². The van der Waals surface area contributed by atoms with Gasteiger partial charge in [0.05, 0.1) is 5.52 Å². The largest absolute Gasteiger partial charge is 0.358 e. The minimum absolute atomic E-state index is 0.724. The maximum Gasteiger partial charge on any atom is 0.112 e. The molecule has 1 fully saturated rings. The number of aryl methyl sites for hydroxylation is 1. The molecule has 0 atom stereocenters. The second kappa shape index (κ2) is 4.01. The minimum Gasteiger partial charge on any atom is -0.358 e. The van der Waals surface area contributed by atoms with Crippen LogP contribution < -0.4 is 10.6 Å². The number of anilines is 1. The van der Waals surface area contributed by atoms with E-state index >= 15 is 0 Å². The minimum atomic E-state index is 0.724. The normalized spacial score (nSPS) is 18.3. The first-order chi connectivity index (χ1) is 9.31. The summed E-state index contributed by atoms with van der Waals surface area (Å²) in [4.78, 5) is 2.57. The topological polar surface area (TPSA) is 34.2 Å². The highest BCUT2D eigenvalue weighted by molar-refractivity contribution is 5.93. The van der Waals surface area contributed by atoms with Crippen LogP contribution in [-0.4, -0.2) is 24.2 Å². The van der Waals surface area contributed by atoms with Crippen LogP contribution in [0.25, 0.3) is 10.9 Å². The van der Waals surface area contributed by atoms with E-state index in [0.29, 0.717) is 0 Å². The van der Waals surface area contributed by atoms with E-state index < -0.39 is 0 Å². The molecule has 0 radical (unpaired) electrons. The maximum atomic E-state index is 5.77. The first kappa shape index (κ1) is 11.4. The van der Waals surface area contributed by atoms with Crippen molar-refractivity contribution in [1.82, 2.24) is 4.57 Å². The SMILES string of the molecule is Cn1c2c(c3cccc(CCN)c31)C1CCN2CC1. The molecule has 3 aliphatic rings. The Morgan fingerprint density at radius 3 is 2.79 bits per heavy atom. The zero-order valence-corrected chi connectivity index (χ0v) is 11.5. The Morgan fingerprint density at radius 1 is 1.26 bits per heavy atom. The lowest BCUT2D eigenvalue weighted by molar-refractivity contribution is 0.469. The van der Waals surface area contributed by atoms with Gasteiger partial charge in [0.15, 0.2) is 0 Å². The van der Waals surface area contributed by atoms with Crippen LogP contribution in [0.3, 0.4) is 0 Å². The monoisotopic (exact) mass is 255 g/mol. The Bertz CT molecular complexity index is 633. The van der Waals surface area contributed by atoms with Gasteiger partial charge in [-0.2, -0.15) is 0 Å². The quantitative estimate of drug-likeness (QED) is 0.894. The van der Waals surface area contributed by atoms with Crippen molar-refractivity contribution in [2.24, 2.45) is 12.8 Å². The van der Waals surface area contributed by atoms with Gasteiger partial charge in [-0.3, -0.25) is 0 Å². The number of nitrogens with two attached hydrogens (primary N) is 1. The van der Waals surface area contributed by atoms with Gasteiger partial charge >= 0.3 is 0 Å². The van der Waals surface area contributed by atoms with Gasteiger partial charge in [0.1, 0.15) is 5.82 Å². The van der Waals surface area contributed by atoms with E-state index in [1.807, 2.05) is 0 Å². The summed E-state index contributed by atoms with van der Waals surface area (Å²) in [6.45, 7) is 3.18. The molecule has 2 N–H and O–H groups in total. The molecule has 0 saturated carbocycles. The average Bonchev–Trinajstić information content (AvgIpc) is 2.78. The van der Waals surface area contributed by atoms with E-state index in [1.165, 1.54) is 48.2 Å². The molecule has 3 nitrogen and oxygen atoms in total. The van der Waals surface area contributed by atoms with Crippen LogP contribution in [0, 0.1) is 0 Å². The molecule has 0 unspecified atom stereocenters. The van der Waals surface area contributed by atoms with E-state index in [1.54, 1.807) is 5.56 Å². The number of rotatable bonds is 2. The van der Waals surface area contributed by atoms with Crippen LogP contribution in [0.1, 0.15) is 29.9 Å². The molecule has 3 heteroatoms. The molecule has 0 spiro atoms. The standard InChI is InChI=1S/C16H21N3/c1-18-15-12(5-8-17)3-2-4-13(15)14-11-6-9-19(10-7-11)16(14)18/h2-4,11H,5-10,17H2,1H3. The molecule has 1 aromatic heterocycles. The van der Waals surface area contributed by atoms with Crippen molar-refractivity contribution in [3.05, 3.63) is 29.3 Å². The molecule has 5 rings (SSSR count). The fourth-order valence-electron chi connectivity index (χ4n) is 4.13. The molecule has 19 heavy (non-hydrogen) atoms. The van der Waals surface area contributed by atoms with E-state index in [2.05, 4.69) is 34.7 Å². The zero-order valence-electron chi connectivity index (χ0n) is 11.5. The number of para-hydroxylation sites is 1. The highest BCUT2D eigenvalue weighted by atomic mass is 15.3. The fraction of sp³-hybridized carbons (Fsp3) is 0.500. The summed E-state index contributed by atoms with van der Waals surface area (Å²) in [6.07, 6.45) is 3.62. The van der Waals surface area contributed by atoms with Crippen LogP contribution in [0.5, 0.6) is 0 Å². The fourth-order valence-corrected chi connectivity index (χ4v) is 4.13. The molecular weight excluding hydrogens is 234 g/mol. The van der Waals surface area contributed by atoms with Gasteiger partial charge in [-0.25, -0.2) is 0 Å². The first-order valence-electron chi connectivity index (χ1n) is 7.36. The second-order valence-electron chi connectivity index (χ2n) is 5.91. The molecule has 100 valence electrons. The predicted molar refractivity (Wildman–Crippen MR) is 79.9 cm³/mol. The number of hydrogen-bond acceptors (Lipinski definition) is 2. The molecular formula is C16H21N3. The van der Waals surface area contributed by atoms with Crippen LogP contribution in [0.2, 0.25) is 0 Å². The smallest absolute Gasteiger partial charge is 0.112 e. The summed E-state index contributed by atoms with van der Waals surface area (Å²) >= 11 is 0. The van der Waals surface area contributed by atoms with Gasteiger partial charge < -0.3 is 15.2 Å². The highest BCUT2D eigenvalue weighted by Crippen LogP contribution is 2.47. The highest BCUT2D eigenvalue weighted by Gasteiger charge is 2.35. The third-order valence-electron chi connectivity index (χ3n) is 4.92. The number of benzene rings is 1. The summed E-state index contributed by atoms with van der Waals surface area (Å²) in [6, 6.07) is 6.74. The van der Waals surface area contributed by atoms with Crippen molar-refractivity contribution in [2.75, 3.05) is 24.5 Å². The molecule has 3 aliphatic heterocycles. The van der Waals surface area contributed by atoms with Crippen LogP contribution in [0.4, 0.5) is 5.82 Å². The van der Waals surface area contributed by atoms with Crippen molar-refractivity contribution >= 4 is 16.7 Å². The van der Waals surface area contributed by atoms with Crippen molar-refractivity contribution in [3.63, 3.8) is 0 Å². The number of piperidine rings is 1. The molecule has 1 aromatic carbocycles. The van der Waals surface area contributed by atoms with E-state index in [-0.39, 0.29) is 0 Å². The maximum absolute atomic E-state index is 5.77. The van der Waals surface area contributed by atoms with Crippen molar-refractivity contribution in [1.29, 1.82) is 0 Å². The Kier molecular flexibility index (Phi) is 2.39. The Balaban J connectivity index is 2.05. The molecule has 2 bridgehead atoms.